The number of hydrogen-bond acceptors (Lipinski definition) is 2. The van der Waals surface area contributed by atoms with Gasteiger partial charge in [-0.25, -0.2) is 0 Å². The Morgan fingerprint density at radius 2 is 2.08 bits per heavy atom. The van der Waals surface area contributed by atoms with Gasteiger partial charge in [0.15, 0.2) is 0 Å². The van der Waals surface area contributed by atoms with E-state index in [9.17, 15) is 0 Å². The van der Waals surface area contributed by atoms with Crippen molar-refractivity contribution in [2.75, 3.05) is 14.2 Å². The van der Waals surface area contributed by atoms with Crippen molar-refractivity contribution in [3.05, 3.63) is 23.8 Å². The summed E-state index contributed by atoms with van der Waals surface area (Å²) in [7, 11) is 3.24. The normalized spacial score (nSPS) is 9.00. The molecule has 0 aliphatic rings. The molecule has 68 valence electrons. The van der Waals surface area contributed by atoms with Gasteiger partial charge in [-0.1, -0.05) is 6.07 Å². The molecule has 13 heavy (non-hydrogen) atoms. The standard InChI is InChI=1S/C11H12O2/c1-4-5-9-6-7-10(12-2)8-11(9)13-3/h1,6-8H,5H2,2-3H3. The fourth-order valence-electron chi connectivity index (χ4n) is 1.11. The quantitative estimate of drug-likeness (QED) is 0.655. The predicted octanol–water partition coefficient (Wildman–Crippen LogP) is 1.88. The van der Waals surface area contributed by atoms with Crippen molar-refractivity contribution in [2.24, 2.45) is 0 Å². The van der Waals surface area contributed by atoms with E-state index < -0.39 is 0 Å². The lowest BCUT2D eigenvalue weighted by Gasteiger charge is -2.07. The molecule has 1 rings (SSSR count). The molecule has 0 atom stereocenters. The first-order chi connectivity index (χ1) is 6.31. The number of ether oxygens (including phenoxy) is 2. The summed E-state index contributed by atoms with van der Waals surface area (Å²) in [4.78, 5) is 0. The first-order valence-corrected chi connectivity index (χ1v) is 3.96. The van der Waals surface area contributed by atoms with E-state index in [-0.39, 0.29) is 0 Å². The SMILES string of the molecule is C#CCc1ccc(OC)cc1OC. The Hall–Kier alpha value is -1.62. The molecular weight excluding hydrogens is 164 g/mol. The summed E-state index contributed by atoms with van der Waals surface area (Å²) in [5, 5.41) is 0. The van der Waals surface area contributed by atoms with E-state index in [0.717, 1.165) is 17.1 Å². The van der Waals surface area contributed by atoms with Crippen LogP contribution in [-0.4, -0.2) is 14.2 Å². The molecule has 0 aliphatic carbocycles. The van der Waals surface area contributed by atoms with E-state index in [0.29, 0.717) is 6.42 Å². The van der Waals surface area contributed by atoms with Crippen LogP contribution in [0.4, 0.5) is 0 Å². The largest absolute Gasteiger partial charge is 0.497 e. The van der Waals surface area contributed by atoms with Crippen LogP contribution in [0.3, 0.4) is 0 Å². The molecule has 0 aromatic heterocycles. The molecule has 0 bridgehead atoms. The second-order valence-corrected chi connectivity index (χ2v) is 2.56. The van der Waals surface area contributed by atoms with Gasteiger partial charge in [-0.05, 0) is 6.07 Å². The van der Waals surface area contributed by atoms with Crippen LogP contribution in [0.5, 0.6) is 11.5 Å². The fourth-order valence-corrected chi connectivity index (χ4v) is 1.11. The minimum absolute atomic E-state index is 0.577. The van der Waals surface area contributed by atoms with E-state index in [4.69, 9.17) is 15.9 Å². The highest BCUT2D eigenvalue weighted by Crippen LogP contribution is 2.24. The topological polar surface area (TPSA) is 18.5 Å². The molecule has 0 radical (unpaired) electrons. The smallest absolute Gasteiger partial charge is 0.126 e. The summed E-state index contributed by atoms with van der Waals surface area (Å²) >= 11 is 0. The van der Waals surface area contributed by atoms with Crippen molar-refractivity contribution in [3.8, 4) is 23.8 Å². The van der Waals surface area contributed by atoms with Gasteiger partial charge in [-0.15, -0.1) is 12.3 Å². The predicted molar refractivity (Wildman–Crippen MR) is 52.1 cm³/mol. The first-order valence-electron chi connectivity index (χ1n) is 3.96. The summed E-state index contributed by atoms with van der Waals surface area (Å²) in [6.07, 6.45) is 5.79. The summed E-state index contributed by atoms with van der Waals surface area (Å²) < 4.78 is 10.2. The van der Waals surface area contributed by atoms with Crippen molar-refractivity contribution in [1.29, 1.82) is 0 Å². The van der Waals surface area contributed by atoms with Crippen LogP contribution in [0, 0.1) is 12.3 Å². The highest BCUT2D eigenvalue weighted by Gasteiger charge is 2.02. The minimum Gasteiger partial charge on any atom is -0.497 e. The Labute approximate surface area is 78.5 Å². The zero-order chi connectivity index (χ0) is 9.68. The van der Waals surface area contributed by atoms with Gasteiger partial charge in [0.2, 0.25) is 0 Å². The van der Waals surface area contributed by atoms with Crippen LogP contribution in [0.2, 0.25) is 0 Å². The molecule has 0 amide bonds. The molecule has 0 N–H and O–H groups in total. The van der Waals surface area contributed by atoms with Crippen molar-refractivity contribution >= 4 is 0 Å². The van der Waals surface area contributed by atoms with E-state index in [1.807, 2.05) is 18.2 Å². The molecule has 2 nitrogen and oxygen atoms in total. The third-order valence-corrected chi connectivity index (χ3v) is 1.79. The summed E-state index contributed by atoms with van der Waals surface area (Å²) in [5.41, 5.74) is 1.01. The van der Waals surface area contributed by atoms with E-state index in [1.165, 1.54) is 0 Å². The Morgan fingerprint density at radius 1 is 1.31 bits per heavy atom. The average molecular weight is 176 g/mol. The molecule has 0 fully saturated rings. The van der Waals surface area contributed by atoms with Crippen LogP contribution in [0.25, 0.3) is 0 Å². The fraction of sp³-hybridized carbons (Fsp3) is 0.273. The summed E-state index contributed by atoms with van der Waals surface area (Å²) in [5.74, 6) is 4.13. The monoisotopic (exact) mass is 176 g/mol. The van der Waals surface area contributed by atoms with Crippen molar-refractivity contribution < 1.29 is 9.47 Å². The molecule has 0 heterocycles. The summed E-state index contributed by atoms with van der Waals surface area (Å²) in [6.45, 7) is 0. The molecule has 0 unspecified atom stereocenters. The molecule has 1 aromatic carbocycles. The van der Waals surface area contributed by atoms with Crippen LogP contribution in [-0.2, 0) is 6.42 Å². The number of rotatable bonds is 3. The molecule has 0 aliphatic heterocycles. The molecule has 1 aromatic rings. The van der Waals surface area contributed by atoms with Gasteiger partial charge in [0.1, 0.15) is 11.5 Å². The molecule has 0 saturated carbocycles. The van der Waals surface area contributed by atoms with Gasteiger partial charge < -0.3 is 9.47 Å². The third-order valence-electron chi connectivity index (χ3n) is 1.79. The zero-order valence-corrected chi connectivity index (χ0v) is 7.83. The van der Waals surface area contributed by atoms with Gasteiger partial charge in [0.05, 0.1) is 14.2 Å². The third kappa shape index (κ3) is 2.16. The molecular formula is C11H12O2. The number of benzene rings is 1. The average Bonchev–Trinajstić information content (AvgIpc) is 2.19. The van der Waals surface area contributed by atoms with Crippen LogP contribution < -0.4 is 9.47 Å². The second kappa shape index (κ2) is 4.42. The van der Waals surface area contributed by atoms with Gasteiger partial charge >= 0.3 is 0 Å². The molecule has 0 saturated heterocycles. The molecule has 2 heteroatoms. The summed E-state index contributed by atoms with van der Waals surface area (Å²) in [6, 6.07) is 5.61. The number of terminal acetylenes is 1. The maximum atomic E-state index is 5.22. The van der Waals surface area contributed by atoms with Gasteiger partial charge in [0.25, 0.3) is 0 Å². The lowest BCUT2D eigenvalue weighted by Crippen LogP contribution is -1.92. The maximum Gasteiger partial charge on any atom is 0.126 e. The maximum absolute atomic E-state index is 5.22. The Morgan fingerprint density at radius 3 is 2.62 bits per heavy atom. The van der Waals surface area contributed by atoms with Crippen LogP contribution in [0.1, 0.15) is 5.56 Å². The van der Waals surface area contributed by atoms with Gasteiger partial charge in [-0.2, -0.15) is 0 Å². The van der Waals surface area contributed by atoms with E-state index in [2.05, 4.69) is 5.92 Å². The highest BCUT2D eigenvalue weighted by molar-refractivity contribution is 5.42. The number of methoxy groups -OCH3 is 2. The highest BCUT2D eigenvalue weighted by atomic mass is 16.5. The van der Waals surface area contributed by atoms with E-state index in [1.54, 1.807) is 14.2 Å². The molecule has 0 spiro atoms. The Bertz CT molecular complexity index is 323. The lowest BCUT2D eigenvalue weighted by molar-refractivity contribution is 0.392. The first kappa shape index (κ1) is 9.47. The lowest BCUT2D eigenvalue weighted by atomic mass is 10.1. The zero-order valence-electron chi connectivity index (χ0n) is 7.83. The minimum atomic E-state index is 0.577. The van der Waals surface area contributed by atoms with Gasteiger partial charge in [-0.3, -0.25) is 0 Å². The van der Waals surface area contributed by atoms with Gasteiger partial charge in [0, 0.05) is 18.1 Å². The second-order valence-electron chi connectivity index (χ2n) is 2.56. The number of hydrogen-bond donors (Lipinski definition) is 0. The van der Waals surface area contributed by atoms with Crippen molar-refractivity contribution in [3.63, 3.8) is 0 Å². The van der Waals surface area contributed by atoms with Crippen molar-refractivity contribution in [2.45, 2.75) is 6.42 Å². The Kier molecular flexibility index (Phi) is 3.22. The Balaban J connectivity index is 3.02. The van der Waals surface area contributed by atoms with Crippen LogP contribution in [0.15, 0.2) is 18.2 Å². The van der Waals surface area contributed by atoms with E-state index >= 15 is 0 Å². The van der Waals surface area contributed by atoms with Crippen molar-refractivity contribution in [1.82, 2.24) is 0 Å². The van der Waals surface area contributed by atoms with Crippen LogP contribution >= 0.6 is 0 Å².